The van der Waals surface area contributed by atoms with E-state index in [4.69, 9.17) is 0 Å². The van der Waals surface area contributed by atoms with Gasteiger partial charge < -0.3 is 0 Å². The van der Waals surface area contributed by atoms with Crippen LogP contribution in [0.2, 0.25) is 0 Å². The van der Waals surface area contributed by atoms with E-state index in [2.05, 4.69) is 0 Å². The smallest absolute Gasteiger partial charge is 0.248 e. The molecule has 1 radical (unpaired) electrons. The molecule has 0 N–H and O–H groups in total. The third kappa shape index (κ3) is 4.53. The van der Waals surface area contributed by atoms with Crippen LogP contribution in [0.5, 0.6) is 0 Å². The van der Waals surface area contributed by atoms with Crippen molar-refractivity contribution in [1.82, 2.24) is 0 Å². The maximum atomic E-state index is 12.7. The average molecular weight is 415 g/mol. The Bertz CT molecular complexity index is 473. The fourth-order valence-corrected chi connectivity index (χ4v) is 0.892. The molecule has 0 aromatic carbocycles. The third-order valence-corrected chi connectivity index (χ3v) is 1.99. The first-order chi connectivity index (χ1) is 10.4. The molecule has 0 saturated heterocycles. The van der Waals surface area contributed by atoms with Crippen LogP contribution in [0.1, 0.15) is 0 Å². The first-order valence-corrected chi connectivity index (χ1v) is 5.00. The Morgan fingerprint density at radius 3 is 1.04 bits per heavy atom. The minimum Gasteiger partial charge on any atom is -0.248 e. The number of halogens is 15. The van der Waals surface area contributed by atoms with E-state index in [0.717, 1.165) is 0 Å². The van der Waals surface area contributed by atoms with Crippen molar-refractivity contribution < 1.29 is 75.3 Å². The van der Waals surface area contributed by atoms with Gasteiger partial charge in [0, 0.05) is 6.92 Å². The molecule has 0 aliphatic rings. The molecule has 0 bridgehead atoms. The second kappa shape index (κ2) is 5.95. The van der Waals surface area contributed by atoms with Gasteiger partial charge in [0.25, 0.3) is 0 Å². The summed E-state index contributed by atoms with van der Waals surface area (Å²) in [6.45, 7) is 1.36. The number of rotatable bonds is 7. The van der Waals surface area contributed by atoms with Gasteiger partial charge in [-0.1, -0.05) is 0 Å². The van der Waals surface area contributed by atoms with Gasteiger partial charge >= 0.3 is 42.5 Å². The Morgan fingerprint density at radius 2 is 0.760 bits per heavy atom. The van der Waals surface area contributed by atoms with E-state index in [9.17, 15) is 65.9 Å². The number of hydrogen-bond acceptors (Lipinski definition) is 2. The summed E-state index contributed by atoms with van der Waals surface area (Å²) < 4.78 is 188. The molecule has 0 aliphatic heterocycles. The lowest BCUT2D eigenvalue weighted by molar-refractivity contribution is -0.539. The van der Waals surface area contributed by atoms with Gasteiger partial charge in [0.05, 0.1) is 0 Å². The molecule has 0 atom stereocenters. The molecule has 2 nitrogen and oxygen atoms in total. The van der Waals surface area contributed by atoms with Crippen LogP contribution in [0, 0.1) is 6.92 Å². The molecule has 0 fully saturated rings. The number of hydrogen-bond donors (Lipinski definition) is 0. The highest BCUT2D eigenvalue weighted by atomic mass is 19.4. The standard InChI is InChI=1S/C8H2F15O2/c1-2(9,10)24-7(20,21)8(22,23)25-6(18,19)4(13,14)3(11,12)5(15,16)17/h1H2. The lowest BCUT2D eigenvalue weighted by Crippen LogP contribution is -2.64. The van der Waals surface area contributed by atoms with Crippen LogP contribution < -0.4 is 0 Å². The van der Waals surface area contributed by atoms with Crippen molar-refractivity contribution in [2.75, 3.05) is 0 Å². The van der Waals surface area contributed by atoms with Crippen molar-refractivity contribution >= 4 is 0 Å². The lowest BCUT2D eigenvalue weighted by atomic mass is 10.1. The Kier molecular flexibility index (Phi) is 5.68. The summed E-state index contributed by atoms with van der Waals surface area (Å²) in [6, 6.07) is 0. The maximum absolute atomic E-state index is 12.7. The first-order valence-electron chi connectivity index (χ1n) is 5.00. The van der Waals surface area contributed by atoms with Gasteiger partial charge in [-0.05, 0) is 0 Å². The monoisotopic (exact) mass is 415 g/mol. The lowest BCUT2D eigenvalue weighted by Gasteiger charge is -2.36. The van der Waals surface area contributed by atoms with Gasteiger partial charge in [-0.2, -0.15) is 65.9 Å². The molecule has 0 rings (SSSR count). The van der Waals surface area contributed by atoms with Crippen molar-refractivity contribution in [1.29, 1.82) is 0 Å². The Morgan fingerprint density at radius 1 is 0.440 bits per heavy atom. The van der Waals surface area contributed by atoms with Crippen molar-refractivity contribution in [2.24, 2.45) is 0 Å². The quantitative estimate of drug-likeness (QED) is 0.542. The average Bonchev–Trinajstić information content (AvgIpc) is 2.21. The summed E-state index contributed by atoms with van der Waals surface area (Å²) in [4.78, 5) is 0. The molecule has 0 aliphatic carbocycles. The van der Waals surface area contributed by atoms with E-state index in [1.54, 1.807) is 0 Å². The molecule has 0 unspecified atom stereocenters. The van der Waals surface area contributed by atoms with E-state index < -0.39 is 42.5 Å². The van der Waals surface area contributed by atoms with Crippen molar-refractivity contribution in [3.63, 3.8) is 0 Å². The molecule has 0 spiro atoms. The van der Waals surface area contributed by atoms with E-state index in [-0.39, 0.29) is 0 Å². The van der Waals surface area contributed by atoms with Gasteiger partial charge in [0.15, 0.2) is 0 Å². The molecule has 0 aromatic heterocycles. The summed E-state index contributed by atoms with van der Waals surface area (Å²) >= 11 is 0. The molecule has 151 valence electrons. The van der Waals surface area contributed by atoms with Crippen LogP contribution >= 0.6 is 0 Å². The maximum Gasteiger partial charge on any atom is 0.460 e. The van der Waals surface area contributed by atoms with E-state index >= 15 is 0 Å². The van der Waals surface area contributed by atoms with E-state index in [1.807, 2.05) is 4.74 Å². The van der Waals surface area contributed by atoms with Crippen molar-refractivity contribution in [2.45, 2.75) is 42.5 Å². The SMILES string of the molecule is [CH2]C(F)(F)OC(F)(F)C(F)(F)OC(F)(F)C(F)(F)C(F)(F)C(F)(F)F. The van der Waals surface area contributed by atoms with Crippen LogP contribution in [0.4, 0.5) is 65.9 Å². The number of ether oxygens (including phenoxy) is 2. The third-order valence-electron chi connectivity index (χ3n) is 1.99. The highest BCUT2D eigenvalue weighted by Crippen LogP contribution is 2.55. The van der Waals surface area contributed by atoms with E-state index in [0.29, 0.717) is 0 Å². The van der Waals surface area contributed by atoms with Crippen LogP contribution in [-0.4, -0.2) is 42.5 Å². The van der Waals surface area contributed by atoms with Crippen molar-refractivity contribution in [3.05, 3.63) is 6.92 Å². The highest BCUT2D eigenvalue weighted by Gasteiger charge is 2.85. The molecule has 0 heterocycles. The summed E-state index contributed by atoms with van der Waals surface area (Å²) in [5, 5.41) is 0. The van der Waals surface area contributed by atoms with Crippen LogP contribution in [0.25, 0.3) is 0 Å². The summed E-state index contributed by atoms with van der Waals surface area (Å²) in [7, 11) is 0. The Hall–Kier alpha value is -1.13. The first kappa shape index (κ1) is 23.9. The zero-order chi connectivity index (χ0) is 20.9. The summed E-state index contributed by atoms with van der Waals surface area (Å²) in [5.41, 5.74) is 0. The largest absolute Gasteiger partial charge is 0.460 e. The summed E-state index contributed by atoms with van der Waals surface area (Å²) in [6.07, 6.45) is -34.7. The van der Waals surface area contributed by atoms with E-state index in [1.165, 1.54) is 11.7 Å². The highest BCUT2D eigenvalue weighted by molar-refractivity contribution is 4.97. The fourth-order valence-electron chi connectivity index (χ4n) is 0.892. The molecule has 17 heteroatoms. The molecule has 25 heavy (non-hydrogen) atoms. The molecule has 0 saturated carbocycles. The van der Waals surface area contributed by atoms with Gasteiger partial charge in [-0.3, -0.25) is 0 Å². The second-order valence-electron chi connectivity index (χ2n) is 4.04. The van der Waals surface area contributed by atoms with Gasteiger partial charge in [-0.15, -0.1) is 0 Å². The molecular formula is C8H2F15O2. The second-order valence-corrected chi connectivity index (χ2v) is 4.04. The summed E-state index contributed by atoms with van der Waals surface area (Å²) in [5.74, 6) is -15.6. The Labute approximate surface area is 126 Å². The van der Waals surface area contributed by atoms with Gasteiger partial charge in [0.1, 0.15) is 0 Å². The zero-order valence-corrected chi connectivity index (χ0v) is 10.7. The molecule has 0 amide bonds. The Balaban J connectivity index is 5.83. The van der Waals surface area contributed by atoms with Gasteiger partial charge in [-0.25, -0.2) is 9.47 Å². The van der Waals surface area contributed by atoms with Crippen molar-refractivity contribution in [3.8, 4) is 0 Å². The van der Waals surface area contributed by atoms with Gasteiger partial charge in [0.2, 0.25) is 0 Å². The predicted octanol–water partition coefficient (Wildman–Crippen LogP) is 5.06. The topological polar surface area (TPSA) is 18.5 Å². The molecular weight excluding hydrogens is 413 g/mol. The minimum atomic E-state index is -7.86. The fraction of sp³-hybridized carbons (Fsp3) is 0.875. The predicted molar refractivity (Wildman–Crippen MR) is 43.3 cm³/mol. The minimum absolute atomic E-state index is 1.35. The van der Waals surface area contributed by atoms with Crippen LogP contribution in [0.3, 0.4) is 0 Å². The zero-order valence-electron chi connectivity index (χ0n) is 10.7. The normalized spacial score (nSPS) is 16.3. The van der Waals surface area contributed by atoms with Crippen LogP contribution in [0.15, 0.2) is 0 Å². The molecule has 0 aromatic rings. The number of alkyl halides is 15. The van der Waals surface area contributed by atoms with Crippen LogP contribution in [-0.2, 0) is 9.47 Å².